The van der Waals surface area contributed by atoms with Gasteiger partial charge in [0.2, 0.25) is 5.89 Å². The lowest BCUT2D eigenvalue weighted by Crippen LogP contribution is -2.27. The van der Waals surface area contributed by atoms with E-state index in [4.69, 9.17) is 4.52 Å². The lowest BCUT2D eigenvalue weighted by Gasteiger charge is -2.12. The minimum atomic E-state index is -0.235. The lowest BCUT2D eigenvalue weighted by atomic mass is 10.3. The molecule has 0 aliphatic heterocycles. The molecule has 0 unspecified atom stereocenters. The third-order valence-electron chi connectivity index (χ3n) is 2.63. The Kier molecular flexibility index (Phi) is 3.88. The van der Waals surface area contributed by atoms with E-state index in [2.05, 4.69) is 25.6 Å². The van der Waals surface area contributed by atoms with Gasteiger partial charge in [0.25, 0.3) is 5.91 Å². The summed E-state index contributed by atoms with van der Waals surface area (Å²) >= 11 is 0. The third-order valence-corrected chi connectivity index (χ3v) is 2.63. The van der Waals surface area contributed by atoms with Crippen molar-refractivity contribution in [2.45, 2.75) is 33.2 Å². The van der Waals surface area contributed by atoms with Crippen LogP contribution in [0.3, 0.4) is 0 Å². The summed E-state index contributed by atoms with van der Waals surface area (Å²) in [7, 11) is 1.65. The zero-order chi connectivity index (χ0) is 13.8. The van der Waals surface area contributed by atoms with Crippen LogP contribution in [0.2, 0.25) is 0 Å². The largest absolute Gasteiger partial charge is 0.337 e. The Labute approximate surface area is 110 Å². The van der Waals surface area contributed by atoms with Gasteiger partial charge >= 0.3 is 0 Å². The molecule has 8 heteroatoms. The molecule has 0 aliphatic carbocycles. The minimum Gasteiger partial charge on any atom is -0.337 e. The molecule has 0 bridgehead atoms. The van der Waals surface area contributed by atoms with Gasteiger partial charge in [-0.3, -0.25) is 4.79 Å². The summed E-state index contributed by atoms with van der Waals surface area (Å²) in [6.45, 7) is 4.01. The first-order valence-electron chi connectivity index (χ1n) is 6.06. The Hall–Kier alpha value is -2.25. The van der Waals surface area contributed by atoms with Crippen molar-refractivity contribution in [1.29, 1.82) is 0 Å². The van der Waals surface area contributed by atoms with Gasteiger partial charge in [0.1, 0.15) is 6.54 Å². The van der Waals surface area contributed by atoms with Crippen LogP contribution < -0.4 is 0 Å². The molecule has 1 N–H and O–H groups in total. The second kappa shape index (κ2) is 5.59. The van der Waals surface area contributed by atoms with Crippen molar-refractivity contribution >= 4 is 5.91 Å². The van der Waals surface area contributed by atoms with Crippen molar-refractivity contribution in [3.63, 3.8) is 0 Å². The van der Waals surface area contributed by atoms with Crippen LogP contribution in [0.25, 0.3) is 0 Å². The minimum absolute atomic E-state index is 0.235. The van der Waals surface area contributed by atoms with E-state index in [-0.39, 0.29) is 12.5 Å². The molecule has 2 rings (SSSR count). The number of hydrogen-bond donors (Lipinski definition) is 1. The van der Waals surface area contributed by atoms with Crippen LogP contribution >= 0.6 is 0 Å². The number of H-pyrrole nitrogens is 1. The summed E-state index contributed by atoms with van der Waals surface area (Å²) in [4.78, 5) is 17.8. The fourth-order valence-corrected chi connectivity index (χ4v) is 1.62. The number of carbonyl (C=O) groups excluding carboxylic acids is 1. The zero-order valence-corrected chi connectivity index (χ0v) is 11.2. The molecule has 2 heterocycles. The van der Waals surface area contributed by atoms with Crippen LogP contribution in [0.1, 0.15) is 41.2 Å². The molecule has 2 aromatic heterocycles. The second-order valence-corrected chi connectivity index (χ2v) is 4.27. The fraction of sp³-hybridized carbons (Fsp3) is 0.545. The highest BCUT2D eigenvalue weighted by Crippen LogP contribution is 2.07. The molecule has 8 nitrogen and oxygen atoms in total. The number of carbonyl (C=O) groups is 1. The van der Waals surface area contributed by atoms with Crippen LogP contribution in [0.4, 0.5) is 0 Å². The monoisotopic (exact) mass is 264 g/mol. The van der Waals surface area contributed by atoms with Crippen LogP contribution in [-0.4, -0.2) is 43.4 Å². The Morgan fingerprint density at radius 2 is 2.21 bits per heavy atom. The summed E-state index contributed by atoms with van der Waals surface area (Å²) in [6, 6.07) is 0. The molecule has 0 spiro atoms. The molecule has 0 aromatic carbocycles. The number of aromatic nitrogens is 5. The van der Waals surface area contributed by atoms with Crippen molar-refractivity contribution in [1.82, 2.24) is 30.5 Å². The molecule has 102 valence electrons. The first kappa shape index (κ1) is 13.2. The molecule has 0 saturated carbocycles. The molecule has 0 atom stereocenters. The summed E-state index contributed by atoms with van der Waals surface area (Å²) in [5.74, 6) is 0.845. The Balaban J connectivity index is 2.02. The normalized spacial score (nSPS) is 10.7. The van der Waals surface area contributed by atoms with Crippen molar-refractivity contribution in [3.05, 3.63) is 23.1 Å². The van der Waals surface area contributed by atoms with Gasteiger partial charge in [0.15, 0.2) is 11.5 Å². The molecular formula is C11H16N6O2. The highest BCUT2D eigenvalue weighted by molar-refractivity contribution is 5.92. The maximum Gasteiger partial charge on any atom is 0.276 e. The number of aryl methyl sites for hydroxylation is 2. The predicted molar refractivity (Wildman–Crippen MR) is 65.2 cm³/mol. The summed E-state index contributed by atoms with van der Waals surface area (Å²) in [6.07, 6.45) is 1.72. The summed E-state index contributed by atoms with van der Waals surface area (Å²) < 4.78 is 5.09. The molecular weight excluding hydrogens is 248 g/mol. The second-order valence-electron chi connectivity index (χ2n) is 4.27. The van der Waals surface area contributed by atoms with Gasteiger partial charge in [0, 0.05) is 13.5 Å². The SMILES string of the molecule is CCCc1noc(CN(C)C(=O)c2n[nH]nc2C)n1. The quantitative estimate of drug-likeness (QED) is 0.854. The van der Waals surface area contributed by atoms with Crippen LogP contribution in [0.5, 0.6) is 0 Å². The molecule has 0 radical (unpaired) electrons. The average molecular weight is 264 g/mol. The molecule has 1 amide bonds. The number of amides is 1. The Morgan fingerprint density at radius 3 is 2.84 bits per heavy atom. The van der Waals surface area contributed by atoms with Gasteiger partial charge in [-0.15, -0.1) is 0 Å². The predicted octanol–water partition coefficient (Wildman–Crippen LogP) is 0.721. The van der Waals surface area contributed by atoms with E-state index in [9.17, 15) is 4.79 Å². The smallest absolute Gasteiger partial charge is 0.276 e. The summed E-state index contributed by atoms with van der Waals surface area (Å²) in [5, 5.41) is 13.9. The van der Waals surface area contributed by atoms with Gasteiger partial charge in [-0.2, -0.15) is 20.4 Å². The van der Waals surface area contributed by atoms with Gasteiger partial charge in [0.05, 0.1) is 5.69 Å². The number of hydrogen-bond acceptors (Lipinski definition) is 6. The Bertz CT molecular complexity index is 561. The van der Waals surface area contributed by atoms with E-state index >= 15 is 0 Å². The highest BCUT2D eigenvalue weighted by Gasteiger charge is 2.19. The fourth-order valence-electron chi connectivity index (χ4n) is 1.62. The molecule has 2 aromatic rings. The first-order chi connectivity index (χ1) is 9.11. The van der Waals surface area contributed by atoms with Crippen LogP contribution in [0.15, 0.2) is 4.52 Å². The number of nitrogens with one attached hydrogen (secondary N) is 1. The molecule has 0 aliphatic rings. The van der Waals surface area contributed by atoms with Crippen molar-refractivity contribution in [3.8, 4) is 0 Å². The number of nitrogens with zero attached hydrogens (tertiary/aromatic N) is 5. The van der Waals surface area contributed by atoms with Gasteiger partial charge < -0.3 is 9.42 Å². The van der Waals surface area contributed by atoms with Crippen molar-refractivity contribution in [2.75, 3.05) is 7.05 Å². The van der Waals surface area contributed by atoms with E-state index in [1.54, 1.807) is 14.0 Å². The van der Waals surface area contributed by atoms with Crippen molar-refractivity contribution < 1.29 is 9.32 Å². The molecule has 0 fully saturated rings. The van der Waals surface area contributed by atoms with E-state index in [0.29, 0.717) is 23.1 Å². The standard InChI is InChI=1S/C11H16N6O2/c1-4-5-8-12-9(19-15-8)6-17(3)11(18)10-7(2)13-16-14-10/h4-6H2,1-3H3,(H,13,14,16). The van der Waals surface area contributed by atoms with Gasteiger partial charge in [-0.25, -0.2) is 0 Å². The van der Waals surface area contributed by atoms with Gasteiger partial charge in [-0.05, 0) is 13.3 Å². The topological polar surface area (TPSA) is 101 Å². The van der Waals surface area contributed by atoms with E-state index < -0.39 is 0 Å². The third kappa shape index (κ3) is 2.95. The summed E-state index contributed by atoms with van der Waals surface area (Å²) in [5.41, 5.74) is 0.866. The van der Waals surface area contributed by atoms with E-state index in [1.807, 2.05) is 6.92 Å². The number of aromatic amines is 1. The van der Waals surface area contributed by atoms with Crippen LogP contribution in [0, 0.1) is 6.92 Å². The Morgan fingerprint density at radius 1 is 1.42 bits per heavy atom. The lowest BCUT2D eigenvalue weighted by molar-refractivity contribution is 0.0763. The van der Waals surface area contributed by atoms with E-state index in [1.165, 1.54) is 4.90 Å². The molecule has 19 heavy (non-hydrogen) atoms. The number of rotatable bonds is 5. The van der Waals surface area contributed by atoms with E-state index in [0.717, 1.165) is 12.8 Å². The maximum atomic E-state index is 12.1. The maximum absolute atomic E-state index is 12.1. The van der Waals surface area contributed by atoms with Gasteiger partial charge in [-0.1, -0.05) is 12.1 Å². The zero-order valence-electron chi connectivity index (χ0n) is 11.2. The van der Waals surface area contributed by atoms with Crippen LogP contribution in [-0.2, 0) is 13.0 Å². The average Bonchev–Trinajstić information content (AvgIpc) is 2.98. The first-order valence-corrected chi connectivity index (χ1v) is 6.06. The highest BCUT2D eigenvalue weighted by atomic mass is 16.5. The molecule has 0 saturated heterocycles. The van der Waals surface area contributed by atoms with Crippen molar-refractivity contribution in [2.24, 2.45) is 0 Å².